The Kier molecular flexibility index (Phi) is 19.8. The molecule has 524 valence electrons. The van der Waals surface area contributed by atoms with Crippen LogP contribution >= 0.6 is 0 Å². The number of hydrogen-bond donors (Lipinski definition) is 2. The van der Waals surface area contributed by atoms with Crippen LogP contribution in [0.2, 0.25) is 0 Å². The van der Waals surface area contributed by atoms with Crippen molar-refractivity contribution in [2.24, 2.45) is 0 Å². The maximum Gasteiger partial charge on any atom is 0.416 e. The molecule has 0 saturated carbocycles. The number of amides is 4. The average Bonchev–Trinajstić information content (AvgIpc) is 1.57. The lowest BCUT2D eigenvalue weighted by Crippen LogP contribution is -2.49. The van der Waals surface area contributed by atoms with E-state index in [2.05, 4.69) is 41.0 Å². The van der Waals surface area contributed by atoms with Gasteiger partial charge in [0.15, 0.2) is 0 Å². The summed E-state index contributed by atoms with van der Waals surface area (Å²) in [4.78, 5) is 63.3. The summed E-state index contributed by atoms with van der Waals surface area (Å²) in [5, 5.41) is 38.5. The topological polar surface area (TPSA) is 268 Å². The largest absolute Gasteiger partial charge is 0.444 e. The number of benzene rings is 4. The van der Waals surface area contributed by atoms with Gasteiger partial charge in [-0.25, -0.2) is 35.9 Å². The number of halogens is 12. The summed E-state index contributed by atoms with van der Waals surface area (Å²) >= 11 is 0. The number of carbonyl (C=O) groups is 4. The second kappa shape index (κ2) is 27.1. The lowest BCUT2D eigenvalue weighted by molar-refractivity contribution is -0.138. The molecule has 0 bridgehead atoms. The first-order valence-corrected chi connectivity index (χ1v) is 30.2. The third-order valence-corrected chi connectivity index (χ3v) is 15.3. The van der Waals surface area contributed by atoms with E-state index in [4.69, 9.17) is 18.3 Å². The van der Waals surface area contributed by atoms with Gasteiger partial charge in [-0.3, -0.25) is 19.6 Å². The molecule has 2 N–H and O–H groups in total. The Labute approximate surface area is 562 Å². The molecule has 32 heteroatoms. The van der Waals surface area contributed by atoms with Crippen molar-refractivity contribution in [1.29, 1.82) is 10.5 Å². The Balaban J connectivity index is 0.000000233. The van der Waals surface area contributed by atoms with Crippen molar-refractivity contribution in [3.05, 3.63) is 166 Å². The number of ether oxygens (including phenoxy) is 2. The number of hydrogen-bond acceptors (Lipinski definition) is 16. The zero-order valence-corrected chi connectivity index (χ0v) is 54.6. The molecular formula is C68H60F12N12O8. The molecule has 0 radical (unpaired) electrons. The highest BCUT2D eigenvalue weighted by molar-refractivity contribution is 6.02. The highest BCUT2D eigenvalue weighted by Crippen LogP contribution is 2.48. The third-order valence-electron chi connectivity index (χ3n) is 15.3. The minimum absolute atomic E-state index is 0.0162. The highest BCUT2D eigenvalue weighted by atomic mass is 19.4. The molecule has 2 atom stereocenters. The first-order valence-electron chi connectivity index (χ1n) is 30.2. The monoisotopic (exact) mass is 1400 g/mol. The lowest BCUT2D eigenvalue weighted by atomic mass is 9.96. The molecule has 0 aliphatic carbocycles. The number of aromatic nitrogens is 6. The number of nitrogens with zero attached hydrogens (tertiary/aromatic N) is 10. The zero-order valence-electron chi connectivity index (χ0n) is 54.6. The van der Waals surface area contributed by atoms with Gasteiger partial charge in [0, 0.05) is 47.5 Å². The Hall–Kier alpha value is -10.9. The molecule has 4 aromatic heterocycles. The summed E-state index contributed by atoms with van der Waals surface area (Å²) in [6.07, 6.45) is -11.9. The summed E-state index contributed by atoms with van der Waals surface area (Å²) in [5.41, 5.74) is -8.58. The van der Waals surface area contributed by atoms with Crippen LogP contribution in [-0.2, 0) is 67.2 Å². The number of nitrogens with one attached hydrogen (secondary N) is 2. The SMILES string of the molecule is CC(C)(C)OC(=O)NC1CC(F)(F)c2cc(F)c(-c3nnc(C(C)(C)C#N)o3)cc2N(Cc2ccc(-c3cc(C(F)(F)F)ccn3)cc2)C1=O.CC(C)(C)OC(=O)N[C@@H]1CC(F)(F)c2cc(F)c(-c3nnc(C(C)(C)C#N)o3)cc2N(Cc2ccc(-c3cc(C(F)(F)F)ccn3)cc2)C1=O. The third kappa shape index (κ3) is 16.6. The second-order valence-corrected chi connectivity index (χ2v) is 26.3. The van der Waals surface area contributed by atoms with Crippen molar-refractivity contribution >= 4 is 35.4 Å². The summed E-state index contributed by atoms with van der Waals surface area (Å²) in [7, 11) is 0. The smallest absolute Gasteiger partial charge is 0.416 e. The summed E-state index contributed by atoms with van der Waals surface area (Å²) < 4.78 is 196. The standard InChI is InChI=1S/2C34H30F6N6O4/c2*1-31(2,3)50-30(48)43-25-15-33(36,37)22-14-23(35)21(27-44-45-29(49-27)32(4,5)17-41)13-26(22)46(28(25)47)16-18-6-8-19(9-7-18)24-12-20(10-11-42-24)34(38,39)40/h2*6-14,25H,15-16H2,1-5H3,(H,43,48)/t25-;/m1./s1. The molecule has 0 saturated heterocycles. The second-order valence-electron chi connectivity index (χ2n) is 26.3. The molecule has 2 aliphatic heterocycles. The van der Waals surface area contributed by atoms with Crippen LogP contribution in [0.3, 0.4) is 0 Å². The van der Waals surface area contributed by atoms with E-state index in [0.717, 1.165) is 58.6 Å². The van der Waals surface area contributed by atoms with E-state index in [1.165, 1.54) is 76.2 Å². The zero-order chi connectivity index (χ0) is 73.6. The number of carbonyl (C=O) groups excluding carboxylic acids is 4. The van der Waals surface area contributed by atoms with E-state index >= 15 is 26.3 Å². The van der Waals surface area contributed by atoms with Gasteiger partial charge in [-0.1, -0.05) is 48.5 Å². The number of pyridine rings is 2. The van der Waals surface area contributed by atoms with Gasteiger partial charge in [0.2, 0.25) is 23.6 Å². The Morgan fingerprint density at radius 2 is 0.880 bits per heavy atom. The molecule has 8 aromatic rings. The summed E-state index contributed by atoms with van der Waals surface area (Å²) in [6.45, 7) is 14.4. The van der Waals surface area contributed by atoms with Crippen LogP contribution in [0.15, 0.2) is 118 Å². The first-order chi connectivity index (χ1) is 46.4. The van der Waals surface area contributed by atoms with E-state index in [1.54, 1.807) is 41.5 Å². The number of nitriles is 2. The Morgan fingerprint density at radius 1 is 0.540 bits per heavy atom. The van der Waals surface area contributed by atoms with Crippen LogP contribution < -0.4 is 20.4 Å². The molecule has 2 aliphatic rings. The molecule has 0 spiro atoms. The number of anilines is 2. The average molecular weight is 1400 g/mol. The van der Waals surface area contributed by atoms with E-state index in [9.17, 15) is 56.0 Å². The molecule has 4 aromatic carbocycles. The molecule has 4 amide bonds. The van der Waals surface area contributed by atoms with Crippen molar-refractivity contribution in [2.75, 3.05) is 9.80 Å². The fourth-order valence-corrected chi connectivity index (χ4v) is 10.2. The van der Waals surface area contributed by atoms with Crippen LogP contribution in [0.25, 0.3) is 45.4 Å². The van der Waals surface area contributed by atoms with E-state index in [0.29, 0.717) is 34.4 Å². The molecule has 10 rings (SSSR count). The van der Waals surface area contributed by atoms with Gasteiger partial charge < -0.3 is 38.7 Å². The van der Waals surface area contributed by atoms with Gasteiger partial charge in [-0.15, -0.1) is 20.4 Å². The number of alkyl carbamates (subject to hydrolysis) is 2. The first kappa shape index (κ1) is 73.3. The highest BCUT2D eigenvalue weighted by Gasteiger charge is 2.49. The van der Waals surface area contributed by atoms with Crippen molar-refractivity contribution in [3.63, 3.8) is 0 Å². The van der Waals surface area contributed by atoms with Crippen LogP contribution in [-0.4, -0.2) is 77.6 Å². The van der Waals surface area contributed by atoms with Gasteiger partial charge in [-0.2, -0.15) is 36.9 Å². The Bertz CT molecular complexity index is 4240. The van der Waals surface area contributed by atoms with E-state index < -0.39 is 176 Å². The van der Waals surface area contributed by atoms with E-state index in [-0.39, 0.29) is 23.2 Å². The predicted molar refractivity (Wildman–Crippen MR) is 332 cm³/mol. The van der Waals surface area contributed by atoms with E-state index in [1.807, 2.05) is 12.1 Å². The minimum Gasteiger partial charge on any atom is -0.444 e. The number of alkyl halides is 10. The number of fused-ring (bicyclic) bond motifs is 2. The van der Waals surface area contributed by atoms with Crippen molar-refractivity contribution in [1.82, 2.24) is 41.0 Å². The quantitative estimate of drug-likeness (QED) is 0.108. The fraction of sp³-hybridized carbons (Fsp3) is 0.353. The fourth-order valence-electron chi connectivity index (χ4n) is 10.2. The van der Waals surface area contributed by atoms with Crippen LogP contribution in [0, 0.1) is 34.3 Å². The van der Waals surface area contributed by atoms with Gasteiger partial charge in [-0.05, 0) is 129 Å². The van der Waals surface area contributed by atoms with Crippen molar-refractivity contribution < 1.29 is 90.2 Å². The van der Waals surface area contributed by atoms with Crippen LogP contribution in [0.4, 0.5) is 73.6 Å². The van der Waals surface area contributed by atoms with Gasteiger partial charge in [0.05, 0.1) is 70.2 Å². The van der Waals surface area contributed by atoms with Gasteiger partial charge in [0.1, 0.15) is 45.8 Å². The molecule has 0 fully saturated rings. The molecule has 100 heavy (non-hydrogen) atoms. The summed E-state index contributed by atoms with van der Waals surface area (Å²) in [6, 6.07) is 18.3. The predicted octanol–water partition coefficient (Wildman–Crippen LogP) is 15.4. The van der Waals surface area contributed by atoms with Crippen molar-refractivity contribution in [3.8, 4) is 57.6 Å². The van der Waals surface area contributed by atoms with Gasteiger partial charge >= 0.3 is 24.5 Å². The normalized spacial score (nSPS) is 16.3. The van der Waals surface area contributed by atoms with Gasteiger partial charge in [0.25, 0.3) is 23.6 Å². The molecule has 20 nitrogen and oxygen atoms in total. The Morgan fingerprint density at radius 3 is 1.19 bits per heavy atom. The molecular weight excluding hydrogens is 1340 g/mol. The van der Waals surface area contributed by atoms with Crippen LogP contribution in [0.5, 0.6) is 0 Å². The lowest BCUT2D eigenvalue weighted by Gasteiger charge is -2.27. The maximum absolute atomic E-state index is 15.9. The van der Waals surface area contributed by atoms with Crippen LogP contribution in [0.1, 0.15) is 127 Å². The minimum atomic E-state index is -4.60. The molecule has 1 unspecified atom stereocenters. The summed E-state index contributed by atoms with van der Waals surface area (Å²) in [5.74, 6) is -13.3. The number of rotatable bonds is 12. The molecule has 6 heterocycles. The van der Waals surface area contributed by atoms with Crippen molar-refractivity contribution in [2.45, 2.75) is 153 Å². The maximum atomic E-state index is 15.9.